The molecule has 4 aromatic carbocycles. The van der Waals surface area contributed by atoms with Gasteiger partial charge in [0.15, 0.2) is 0 Å². The molecule has 0 radical (unpaired) electrons. The first-order valence-corrected chi connectivity index (χ1v) is 10.2. The first-order valence-electron chi connectivity index (χ1n) is 10.2. The fourth-order valence-electron chi connectivity index (χ4n) is 4.21. The molecule has 2 nitrogen and oxygen atoms in total. The average Bonchev–Trinajstić information content (AvgIpc) is 3.33. The van der Waals surface area contributed by atoms with E-state index in [2.05, 4.69) is 120 Å². The molecule has 5 aromatic rings. The molecular formula is C28H22N2. The van der Waals surface area contributed by atoms with E-state index in [0.29, 0.717) is 0 Å². The fourth-order valence-corrected chi connectivity index (χ4v) is 4.21. The summed E-state index contributed by atoms with van der Waals surface area (Å²) < 4.78 is 2.11. The first kappa shape index (κ1) is 18.1. The van der Waals surface area contributed by atoms with Crippen LogP contribution in [0, 0.1) is 0 Å². The molecule has 0 spiro atoms. The van der Waals surface area contributed by atoms with Gasteiger partial charge in [-0.1, -0.05) is 121 Å². The van der Waals surface area contributed by atoms with Crippen LogP contribution in [-0.4, -0.2) is 9.78 Å². The van der Waals surface area contributed by atoms with Crippen LogP contribution >= 0.6 is 0 Å². The third-order valence-electron chi connectivity index (χ3n) is 5.58. The third-order valence-corrected chi connectivity index (χ3v) is 5.58. The maximum absolute atomic E-state index is 5.10. The van der Waals surface area contributed by atoms with Crippen molar-refractivity contribution in [2.45, 2.75) is 5.54 Å². The Balaban J connectivity index is 1.82. The molecular weight excluding hydrogens is 364 g/mol. The summed E-state index contributed by atoms with van der Waals surface area (Å²) in [5.74, 6) is 0. The van der Waals surface area contributed by atoms with E-state index in [0.717, 1.165) is 11.3 Å². The molecule has 0 aliphatic rings. The van der Waals surface area contributed by atoms with Gasteiger partial charge in [0.05, 0.1) is 5.69 Å². The van der Waals surface area contributed by atoms with E-state index in [9.17, 15) is 0 Å². The minimum atomic E-state index is -0.573. The first-order chi connectivity index (χ1) is 14.9. The van der Waals surface area contributed by atoms with Crippen molar-refractivity contribution >= 4 is 0 Å². The SMILES string of the molecule is c1ccc(-c2ccn(C(c3ccccc3)(c3ccccc3)c3ccccc3)n2)cc1. The number of nitrogens with zero attached hydrogens (tertiary/aromatic N) is 2. The van der Waals surface area contributed by atoms with E-state index in [1.165, 1.54) is 16.7 Å². The highest BCUT2D eigenvalue weighted by molar-refractivity contribution is 5.59. The van der Waals surface area contributed by atoms with Gasteiger partial charge in [-0.25, -0.2) is 0 Å². The van der Waals surface area contributed by atoms with Crippen LogP contribution in [0.2, 0.25) is 0 Å². The zero-order valence-electron chi connectivity index (χ0n) is 16.6. The second kappa shape index (κ2) is 7.84. The Labute approximate surface area is 177 Å². The lowest BCUT2D eigenvalue weighted by Gasteiger charge is -2.36. The summed E-state index contributed by atoms with van der Waals surface area (Å²) >= 11 is 0. The summed E-state index contributed by atoms with van der Waals surface area (Å²) in [4.78, 5) is 0. The number of benzene rings is 4. The van der Waals surface area contributed by atoms with Gasteiger partial charge in [0.25, 0.3) is 0 Å². The molecule has 0 atom stereocenters. The molecule has 1 heterocycles. The highest BCUT2D eigenvalue weighted by atomic mass is 15.3. The zero-order valence-corrected chi connectivity index (χ0v) is 16.6. The predicted molar refractivity (Wildman–Crippen MR) is 122 cm³/mol. The monoisotopic (exact) mass is 386 g/mol. The maximum Gasteiger partial charge on any atom is 0.138 e. The lowest BCUT2D eigenvalue weighted by molar-refractivity contribution is 0.461. The van der Waals surface area contributed by atoms with Gasteiger partial charge in [-0.2, -0.15) is 5.10 Å². The normalized spacial score (nSPS) is 11.3. The van der Waals surface area contributed by atoms with Gasteiger partial charge in [0.1, 0.15) is 5.54 Å². The Bertz CT molecular complexity index is 1110. The molecule has 0 bridgehead atoms. The van der Waals surface area contributed by atoms with Gasteiger partial charge in [-0.3, -0.25) is 4.68 Å². The fraction of sp³-hybridized carbons (Fsp3) is 0.0357. The van der Waals surface area contributed by atoms with E-state index in [4.69, 9.17) is 5.10 Å². The molecule has 30 heavy (non-hydrogen) atoms. The van der Waals surface area contributed by atoms with E-state index in [1.807, 2.05) is 18.2 Å². The van der Waals surface area contributed by atoms with Crippen molar-refractivity contribution in [1.29, 1.82) is 0 Å². The van der Waals surface area contributed by atoms with Crippen molar-refractivity contribution in [3.05, 3.63) is 150 Å². The predicted octanol–water partition coefficient (Wildman–Crippen LogP) is 6.39. The lowest BCUT2D eigenvalue weighted by atomic mass is 9.77. The van der Waals surface area contributed by atoms with Crippen LogP contribution < -0.4 is 0 Å². The van der Waals surface area contributed by atoms with Gasteiger partial charge >= 0.3 is 0 Å². The van der Waals surface area contributed by atoms with Crippen LogP contribution in [0.25, 0.3) is 11.3 Å². The molecule has 0 unspecified atom stereocenters. The van der Waals surface area contributed by atoms with Crippen molar-refractivity contribution in [2.75, 3.05) is 0 Å². The molecule has 144 valence electrons. The molecule has 0 N–H and O–H groups in total. The number of hydrogen-bond acceptors (Lipinski definition) is 1. The second-order valence-corrected chi connectivity index (χ2v) is 7.32. The van der Waals surface area contributed by atoms with Crippen molar-refractivity contribution in [3.8, 4) is 11.3 Å². The highest BCUT2D eigenvalue weighted by Gasteiger charge is 2.39. The van der Waals surface area contributed by atoms with Crippen molar-refractivity contribution in [1.82, 2.24) is 9.78 Å². The minimum absolute atomic E-state index is 0.573. The second-order valence-electron chi connectivity index (χ2n) is 7.32. The van der Waals surface area contributed by atoms with E-state index in [-0.39, 0.29) is 0 Å². The van der Waals surface area contributed by atoms with E-state index < -0.39 is 5.54 Å². The summed E-state index contributed by atoms with van der Waals surface area (Å²) in [7, 11) is 0. The topological polar surface area (TPSA) is 17.8 Å². The minimum Gasteiger partial charge on any atom is -0.253 e. The molecule has 0 aliphatic carbocycles. The van der Waals surface area contributed by atoms with Crippen LogP contribution in [0.5, 0.6) is 0 Å². The van der Waals surface area contributed by atoms with Gasteiger partial charge in [-0.15, -0.1) is 0 Å². The molecule has 0 saturated heterocycles. The quantitative estimate of drug-likeness (QED) is 0.320. The van der Waals surface area contributed by atoms with Gasteiger partial charge < -0.3 is 0 Å². The van der Waals surface area contributed by atoms with Crippen molar-refractivity contribution in [2.24, 2.45) is 0 Å². The Morgan fingerprint density at radius 3 is 1.30 bits per heavy atom. The Kier molecular flexibility index (Phi) is 4.74. The molecule has 0 fully saturated rings. The lowest BCUT2D eigenvalue weighted by Crippen LogP contribution is -2.38. The van der Waals surface area contributed by atoms with Gasteiger partial charge in [-0.05, 0) is 22.8 Å². The maximum atomic E-state index is 5.10. The van der Waals surface area contributed by atoms with Crippen molar-refractivity contribution in [3.63, 3.8) is 0 Å². The van der Waals surface area contributed by atoms with Crippen LogP contribution in [0.3, 0.4) is 0 Å². The molecule has 1 aromatic heterocycles. The summed E-state index contributed by atoms with van der Waals surface area (Å²) in [5.41, 5.74) is 5.01. The molecule has 2 heteroatoms. The van der Waals surface area contributed by atoms with Crippen LogP contribution in [0.4, 0.5) is 0 Å². The summed E-state index contributed by atoms with van der Waals surface area (Å²) in [5, 5.41) is 5.10. The third kappa shape index (κ3) is 3.03. The standard InChI is InChI=1S/C28H22N2/c1-5-13-23(14-6-1)27-21-22-30(29-27)28(24-15-7-2-8-16-24,25-17-9-3-10-18-25)26-19-11-4-12-20-26/h1-22H. The van der Waals surface area contributed by atoms with Crippen molar-refractivity contribution < 1.29 is 0 Å². The molecule has 0 amide bonds. The number of hydrogen-bond donors (Lipinski definition) is 0. The van der Waals surface area contributed by atoms with Crippen LogP contribution in [0.15, 0.2) is 134 Å². The number of aromatic nitrogens is 2. The van der Waals surface area contributed by atoms with Crippen LogP contribution in [0.1, 0.15) is 16.7 Å². The largest absolute Gasteiger partial charge is 0.253 e. The highest BCUT2D eigenvalue weighted by Crippen LogP contribution is 2.40. The Morgan fingerprint density at radius 2 is 0.867 bits per heavy atom. The zero-order chi connectivity index (χ0) is 20.2. The molecule has 0 aliphatic heterocycles. The molecule has 0 saturated carbocycles. The Morgan fingerprint density at radius 1 is 0.467 bits per heavy atom. The Hall–Kier alpha value is -3.91. The smallest absolute Gasteiger partial charge is 0.138 e. The van der Waals surface area contributed by atoms with E-state index in [1.54, 1.807) is 0 Å². The molecule has 5 rings (SSSR count). The number of rotatable bonds is 5. The van der Waals surface area contributed by atoms with Gasteiger partial charge in [0, 0.05) is 11.8 Å². The van der Waals surface area contributed by atoms with Gasteiger partial charge in [0.2, 0.25) is 0 Å². The summed E-state index contributed by atoms with van der Waals surface area (Å²) in [6.45, 7) is 0. The van der Waals surface area contributed by atoms with E-state index >= 15 is 0 Å². The van der Waals surface area contributed by atoms with Crippen LogP contribution in [-0.2, 0) is 5.54 Å². The summed E-state index contributed by atoms with van der Waals surface area (Å²) in [6, 6.07) is 44.3. The average molecular weight is 386 g/mol. The summed E-state index contributed by atoms with van der Waals surface area (Å²) in [6.07, 6.45) is 2.09.